The summed E-state index contributed by atoms with van der Waals surface area (Å²) in [6, 6.07) is 10.5. The molecule has 1 aliphatic carbocycles. The third-order valence-corrected chi connectivity index (χ3v) is 7.84. The molecule has 9 nitrogen and oxygen atoms in total. The lowest BCUT2D eigenvalue weighted by molar-refractivity contribution is 0.0904. The number of amides is 1. The van der Waals surface area contributed by atoms with Crippen LogP contribution in [0.15, 0.2) is 59.8 Å². The van der Waals surface area contributed by atoms with Gasteiger partial charge in [-0.25, -0.2) is 23.1 Å². The molecule has 4 aromatic heterocycles. The second-order valence-corrected chi connectivity index (χ2v) is 10.6. The lowest BCUT2D eigenvalue weighted by Crippen LogP contribution is -2.39. The molecule has 40 heavy (non-hydrogen) atoms. The number of alkyl halides is 2. The summed E-state index contributed by atoms with van der Waals surface area (Å²) in [4.78, 5) is 34.6. The van der Waals surface area contributed by atoms with Crippen molar-refractivity contribution in [2.75, 3.05) is 0 Å². The largest absolute Gasteiger partial charge is 0.349 e. The Morgan fingerprint density at radius 1 is 1.10 bits per heavy atom. The van der Waals surface area contributed by atoms with E-state index in [1.54, 1.807) is 26.2 Å². The molecule has 1 N–H and O–H groups in total. The number of nitrogens with one attached hydrogen (secondary N) is 1. The highest BCUT2D eigenvalue weighted by Crippen LogP contribution is 2.29. The van der Waals surface area contributed by atoms with Crippen molar-refractivity contribution in [2.24, 2.45) is 13.0 Å². The molecule has 0 radical (unpaired) electrons. The van der Waals surface area contributed by atoms with Gasteiger partial charge in [-0.15, -0.1) is 0 Å². The molecule has 1 saturated carbocycles. The van der Waals surface area contributed by atoms with Crippen LogP contribution in [-0.4, -0.2) is 40.8 Å². The number of carbonyl (C=O) groups excluding carboxylic acids is 1. The maximum atomic E-state index is 13.7. The fourth-order valence-corrected chi connectivity index (χ4v) is 5.76. The highest BCUT2D eigenvalue weighted by molar-refractivity contribution is 6.30. The first-order chi connectivity index (χ1) is 19.3. The molecule has 4 heterocycles. The summed E-state index contributed by atoms with van der Waals surface area (Å²) in [7, 11) is 1.87. The third kappa shape index (κ3) is 4.74. The molecule has 0 saturated heterocycles. The van der Waals surface area contributed by atoms with Gasteiger partial charge in [0.1, 0.15) is 5.69 Å². The standard InChI is InChI=1S/C28H26ClF2N7O2/c1-36-22-9-8-20(11-17(22)13-34-36)38-26-23(3-2-10-32-26)37(28(38)40)15-16-4-6-19(7-5-16)35-27(39)21-12-18(29)14-33-24(21)25(30)31/h2-3,8-14,16,19,25H,4-7,15H2,1H3,(H,35,39). The van der Waals surface area contributed by atoms with Crippen molar-refractivity contribution < 1.29 is 13.6 Å². The van der Waals surface area contributed by atoms with Gasteiger partial charge in [-0.3, -0.25) is 19.0 Å². The molecule has 0 aliphatic heterocycles. The maximum absolute atomic E-state index is 13.7. The SMILES string of the molecule is Cn1ncc2cc(-n3c(=O)n(CC4CCC(NC(=O)c5cc(Cl)cnc5C(F)F)CC4)c4cccnc43)ccc21. The number of aromatic nitrogens is 6. The van der Waals surface area contributed by atoms with E-state index in [-0.39, 0.29) is 28.2 Å². The molecule has 1 aliphatic rings. The topological polar surface area (TPSA) is 99.6 Å². The van der Waals surface area contributed by atoms with Gasteiger partial charge in [0.05, 0.1) is 33.5 Å². The van der Waals surface area contributed by atoms with Crippen LogP contribution in [0.1, 0.15) is 48.2 Å². The second kappa shape index (κ2) is 10.5. The Morgan fingerprint density at radius 3 is 2.67 bits per heavy atom. The zero-order valence-electron chi connectivity index (χ0n) is 21.6. The van der Waals surface area contributed by atoms with E-state index in [4.69, 9.17) is 11.6 Å². The normalized spacial score (nSPS) is 17.6. The zero-order valence-corrected chi connectivity index (χ0v) is 22.4. The third-order valence-electron chi connectivity index (χ3n) is 7.64. The van der Waals surface area contributed by atoms with Crippen molar-refractivity contribution in [1.82, 2.24) is 34.2 Å². The highest BCUT2D eigenvalue weighted by atomic mass is 35.5. The van der Waals surface area contributed by atoms with Crippen LogP contribution in [0.5, 0.6) is 0 Å². The fourth-order valence-electron chi connectivity index (χ4n) is 5.60. The zero-order chi connectivity index (χ0) is 28.0. The Labute approximate surface area is 232 Å². The summed E-state index contributed by atoms with van der Waals surface area (Å²) in [5.74, 6) is -0.403. The van der Waals surface area contributed by atoms with Crippen molar-refractivity contribution in [2.45, 2.75) is 44.7 Å². The van der Waals surface area contributed by atoms with Crippen molar-refractivity contribution >= 4 is 39.6 Å². The molecule has 0 atom stereocenters. The van der Waals surface area contributed by atoms with Crippen LogP contribution in [0.2, 0.25) is 5.02 Å². The van der Waals surface area contributed by atoms with Crippen molar-refractivity contribution in [3.63, 3.8) is 0 Å². The van der Waals surface area contributed by atoms with Crippen molar-refractivity contribution in [1.29, 1.82) is 0 Å². The van der Waals surface area contributed by atoms with E-state index < -0.39 is 18.0 Å². The van der Waals surface area contributed by atoms with Crippen LogP contribution in [0, 0.1) is 5.92 Å². The number of pyridine rings is 2. The van der Waals surface area contributed by atoms with Gasteiger partial charge in [-0.1, -0.05) is 11.6 Å². The van der Waals surface area contributed by atoms with Gasteiger partial charge in [0.15, 0.2) is 5.65 Å². The van der Waals surface area contributed by atoms with E-state index in [1.165, 1.54) is 6.07 Å². The fraction of sp³-hybridized carbons (Fsp3) is 0.321. The summed E-state index contributed by atoms with van der Waals surface area (Å²) < 4.78 is 31.9. The minimum atomic E-state index is -2.88. The monoisotopic (exact) mass is 565 g/mol. The van der Waals surface area contributed by atoms with E-state index >= 15 is 0 Å². The number of halogens is 3. The van der Waals surface area contributed by atoms with Gasteiger partial charge in [0.25, 0.3) is 12.3 Å². The molecule has 0 bridgehead atoms. The van der Waals surface area contributed by atoms with Crippen LogP contribution in [0.25, 0.3) is 27.8 Å². The van der Waals surface area contributed by atoms with E-state index in [1.807, 2.05) is 37.4 Å². The quantitative estimate of drug-likeness (QED) is 0.311. The Kier molecular flexibility index (Phi) is 6.83. The first-order valence-electron chi connectivity index (χ1n) is 13.0. The predicted molar refractivity (Wildman–Crippen MR) is 147 cm³/mol. The Hall–Kier alpha value is -4.12. The minimum absolute atomic E-state index is 0.123. The van der Waals surface area contributed by atoms with Gasteiger partial charge >= 0.3 is 5.69 Å². The van der Waals surface area contributed by atoms with Gasteiger partial charge in [0, 0.05) is 37.4 Å². The van der Waals surface area contributed by atoms with Crippen LogP contribution in [0.3, 0.4) is 0 Å². The van der Waals surface area contributed by atoms with Gasteiger partial charge in [0.2, 0.25) is 0 Å². The highest BCUT2D eigenvalue weighted by Gasteiger charge is 2.27. The molecule has 6 rings (SSSR count). The van der Waals surface area contributed by atoms with Gasteiger partial charge in [-0.05, 0) is 68.0 Å². The number of rotatable bonds is 6. The van der Waals surface area contributed by atoms with Crippen LogP contribution >= 0.6 is 11.6 Å². The second-order valence-electron chi connectivity index (χ2n) is 10.2. The molecular formula is C28H26ClF2N7O2. The van der Waals surface area contributed by atoms with Crippen LogP contribution in [0.4, 0.5) is 8.78 Å². The maximum Gasteiger partial charge on any atom is 0.334 e. The smallest absolute Gasteiger partial charge is 0.334 e. The molecule has 12 heteroatoms. The molecule has 1 fully saturated rings. The summed E-state index contributed by atoms with van der Waals surface area (Å²) in [5, 5.41) is 8.21. The van der Waals surface area contributed by atoms with Gasteiger partial charge in [-0.2, -0.15) is 5.10 Å². The minimum Gasteiger partial charge on any atom is -0.349 e. The number of imidazole rings is 1. The molecule has 206 valence electrons. The molecule has 1 aromatic carbocycles. The summed E-state index contributed by atoms with van der Waals surface area (Å²) in [6.45, 7) is 0.511. The molecule has 0 spiro atoms. The first-order valence-corrected chi connectivity index (χ1v) is 13.4. The average Bonchev–Trinajstić information content (AvgIpc) is 3.45. The lowest BCUT2D eigenvalue weighted by Gasteiger charge is -2.29. The van der Waals surface area contributed by atoms with E-state index in [0.717, 1.165) is 41.1 Å². The Balaban J connectivity index is 1.19. The summed E-state index contributed by atoms with van der Waals surface area (Å²) in [5.41, 5.74) is 2.07. The number of hydrogen-bond donors (Lipinski definition) is 1. The number of aryl methyl sites for hydroxylation is 1. The van der Waals surface area contributed by atoms with Crippen LogP contribution < -0.4 is 11.0 Å². The molecule has 0 unspecified atom stereocenters. The van der Waals surface area contributed by atoms with Gasteiger partial charge < -0.3 is 5.32 Å². The number of fused-ring (bicyclic) bond motifs is 2. The Morgan fingerprint density at radius 2 is 1.90 bits per heavy atom. The van der Waals surface area contributed by atoms with Crippen molar-refractivity contribution in [3.05, 3.63) is 81.8 Å². The Bertz CT molecular complexity index is 1790. The predicted octanol–water partition coefficient (Wildman–Crippen LogP) is 5.05. The number of hydrogen-bond acceptors (Lipinski definition) is 5. The number of nitrogens with zero attached hydrogens (tertiary/aromatic N) is 6. The average molecular weight is 566 g/mol. The molecule has 1 amide bonds. The van der Waals surface area contributed by atoms with Crippen molar-refractivity contribution in [3.8, 4) is 5.69 Å². The number of benzene rings is 1. The van der Waals surface area contributed by atoms with E-state index in [2.05, 4.69) is 20.4 Å². The van der Waals surface area contributed by atoms with E-state index in [0.29, 0.717) is 25.0 Å². The van der Waals surface area contributed by atoms with Crippen LogP contribution in [-0.2, 0) is 13.6 Å². The lowest BCUT2D eigenvalue weighted by atomic mass is 9.85. The molecular weight excluding hydrogens is 540 g/mol. The summed E-state index contributed by atoms with van der Waals surface area (Å²) >= 11 is 5.90. The van der Waals surface area contributed by atoms with E-state index in [9.17, 15) is 18.4 Å². The summed E-state index contributed by atoms with van der Waals surface area (Å²) in [6.07, 6.45) is 4.53. The molecule has 5 aromatic rings. The first kappa shape index (κ1) is 26.1. The number of carbonyl (C=O) groups is 1.